The van der Waals surface area contributed by atoms with Crippen molar-refractivity contribution in [2.24, 2.45) is 0 Å². The highest BCUT2D eigenvalue weighted by Crippen LogP contribution is 2.31. The molecule has 3 aromatic rings. The van der Waals surface area contributed by atoms with E-state index in [4.69, 9.17) is 9.68 Å². The first-order valence-electron chi connectivity index (χ1n) is 5.66. The summed E-state index contributed by atoms with van der Waals surface area (Å²) in [5.74, 6) is 0. The van der Waals surface area contributed by atoms with Crippen LogP contribution in [0.4, 0.5) is 0 Å². The van der Waals surface area contributed by atoms with Gasteiger partial charge in [0, 0.05) is 29.2 Å². The largest absolute Gasteiger partial charge is 0.464 e. The van der Waals surface area contributed by atoms with Gasteiger partial charge in [0.05, 0.1) is 16.8 Å². The van der Waals surface area contributed by atoms with E-state index in [0.717, 1.165) is 33.7 Å². The van der Waals surface area contributed by atoms with E-state index < -0.39 is 0 Å². The minimum atomic E-state index is 0.513. The molecule has 1 aromatic carbocycles. The molecule has 3 rings (SSSR count). The molecule has 4 heteroatoms. The minimum Gasteiger partial charge on any atom is -0.464 e. The summed E-state index contributed by atoms with van der Waals surface area (Å²) in [5.41, 5.74) is 2.82. The van der Waals surface area contributed by atoms with Crippen molar-refractivity contribution in [3.8, 4) is 17.3 Å². The Morgan fingerprint density at radius 3 is 3.11 bits per heavy atom. The van der Waals surface area contributed by atoms with Crippen LogP contribution in [0.2, 0.25) is 0 Å². The molecule has 0 fully saturated rings. The molecule has 0 unspecified atom stereocenters. The molecule has 0 aliphatic heterocycles. The zero-order chi connectivity index (χ0) is 12.4. The average molecular weight is 254 g/mol. The van der Waals surface area contributed by atoms with Crippen LogP contribution < -0.4 is 0 Å². The fraction of sp³-hybridized carbons (Fsp3) is 0.143. The summed E-state index contributed by atoms with van der Waals surface area (Å²) in [6, 6.07) is 10.1. The van der Waals surface area contributed by atoms with Crippen LogP contribution in [-0.4, -0.2) is 4.98 Å². The first-order valence-corrected chi connectivity index (χ1v) is 6.54. The van der Waals surface area contributed by atoms with Gasteiger partial charge in [0.15, 0.2) is 0 Å². The molecule has 0 atom stereocenters. The van der Waals surface area contributed by atoms with Crippen molar-refractivity contribution in [1.82, 2.24) is 4.98 Å². The minimum absolute atomic E-state index is 0.513. The van der Waals surface area contributed by atoms with Gasteiger partial charge in [-0.05, 0) is 6.07 Å². The highest BCUT2D eigenvalue weighted by molar-refractivity contribution is 7.09. The summed E-state index contributed by atoms with van der Waals surface area (Å²) in [7, 11) is 0. The molecule has 0 amide bonds. The Bertz CT molecular complexity index is 721. The van der Waals surface area contributed by atoms with E-state index >= 15 is 0 Å². The Labute approximate surface area is 108 Å². The molecular weight excluding hydrogens is 244 g/mol. The smallest absolute Gasteiger partial charge is 0.134 e. The zero-order valence-corrected chi connectivity index (χ0v) is 10.4. The Morgan fingerprint density at radius 1 is 1.33 bits per heavy atom. The molecule has 0 N–H and O–H groups in total. The van der Waals surface area contributed by atoms with Crippen LogP contribution in [0.15, 0.2) is 40.3 Å². The van der Waals surface area contributed by atoms with Gasteiger partial charge in [-0.3, -0.25) is 0 Å². The summed E-state index contributed by atoms with van der Waals surface area (Å²) in [4.78, 5) is 4.55. The topological polar surface area (TPSA) is 49.8 Å². The van der Waals surface area contributed by atoms with Gasteiger partial charge in [-0.2, -0.15) is 5.26 Å². The van der Waals surface area contributed by atoms with E-state index in [1.54, 1.807) is 17.6 Å². The van der Waals surface area contributed by atoms with Crippen LogP contribution in [0.1, 0.15) is 11.4 Å². The molecule has 0 saturated heterocycles. The van der Waals surface area contributed by atoms with E-state index in [-0.39, 0.29) is 0 Å². The molecule has 88 valence electrons. The summed E-state index contributed by atoms with van der Waals surface area (Å²) in [6.07, 6.45) is 2.98. The van der Waals surface area contributed by atoms with Crippen LogP contribution in [0.5, 0.6) is 0 Å². The lowest BCUT2D eigenvalue weighted by Crippen LogP contribution is -1.82. The fourth-order valence-corrected chi connectivity index (χ4v) is 2.69. The van der Waals surface area contributed by atoms with Crippen molar-refractivity contribution in [2.75, 3.05) is 0 Å². The van der Waals surface area contributed by atoms with Gasteiger partial charge in [0.1, 0.15) is 11.8 Å². The van der Waals surface area contributed by atoms with E-state index in [0.29, 0.717) is 6.42 Å². The van der Waals surface area contributed by atoms with E-state index in [9.17, 15) is 0 Å². The summed E-state index contributed by atoms with van der Waals surface area (Å²) in [6.45, 7) is 0. The van der Waals surface area contributed by atoms with Gasteiger partial charge in [-0.15, -0.1) is 11.3 Å². The molecule has 0 spiro atoms. The SMILES string of the molecule is N#CCCc1nc(-c2coc3ccccc23)cs1. The predicted octanol–water partition coefficient (Wildman–Crippen LogP) is 4.01. The zero-order valence-electron chi connectivity index (χ0n) is 9.59. The monoisotopic (exact) mass is 254 g/mol. The Kier molecular flexibility index (Phi) is 2.83. The third-order valence-corrected chi connectivity index (χ3v) is 3.67. The summed E-state index contributed by atoms with van der Waals surface area (Å²) < 4.78 is 5.51. The van der Waals surface area contributed by atoms with Gasteiger partial charge in [-0.25, -0.2) is 4.98 Å². The quantitative estimate of drug-likeness (QED) is 0.709. The van der Waals surface area contributed by atoms with Crippen LogP contribution >= 0.6 is 11.3 Å². The molecule has 0 bridgehead atoms. The normalized spacial score (nSPS) is 10.6. The van der Waals surface area contributed by atoms with Crippen LogP contribution in [-0.2, 0) is 6.42 Å². The maximum Gasteiger partial charge on any atom is 0.134 e. The molecule has 18 heavy (non-hydrogen) atoms. The van der Waals surface area contributed by atoms with Gasteiger partial charge in [0.2, 0.25) is 0 Å². The number of rotatable bonds is 3. The van der Waals surface area contributed by atoms with Gasteiger partial charge < -0.3 is 4.42 Å². The lowest BCUT2D eigenvalue weighted by Gasteiger charge is -1.92. The number of hydrogen-bond acceptors (Lipinski definition) is 4. The van der Waals surface area contributed by atoms with Crippen molar-refractivity contribution >= 4 is 22.3 Å². The number of fused-ring (bicyclic) bond motifs is 1. The molecule has 0 radical (unpaired) electrons. The van der Waals surface area contributed by atoms with Crippen LogP contribution in [0.3, 0.4) is 0 Å². The Hall–Kier alpha value is -2.12. The molecule has 0 saturated carbocycles. The number of furan rings is 1. The van der Waals surface area contributed by atoms with Crippen molar-refractivity contribution in [1.29, 1.82) is 5.26 Å². The molecule has 0 aliphatic carbocycles. The second-order valence-corrected chi connectivity index (χ2v) is 4.87. The summed E-state index contributed by atoms with van der Waals surface area (Å²) >= 11 is 1.59. The lowest BCUT2D eigenvalue weighted by atomic mass is 10.1. The number of aryl methyl sites for hydroxylation is 1. The van der Waals surface area contributed by atoms with Crippen molar-refractivity contribution < 1.29 is 4.42 Å². The Morgan fingerprint density at radius 2 is 2.22 bits per heavy atom. The number of thiazole rings is 1. The van der Waals surface area contributed by atoms with Gasteiger partial charge in [-0.1, -0.05) is 18.2 Å². The first kappa shape index (κ1) is 11.0. The number of aromatic nitrogens is 1. The molecule has 0 aliphatic rings. The van der Waals surface area contributed by atoms with Crippen molar-refractivity contribution in [2.45, 2.75) is 12.8 Å². The van der Waals surface area contributed by atoms with Gasteiger partial charge in [0.25, 0.3) is 0 Å². The van der Waals surface area contributed by atoms with E-state index in [2.05, 4.69) is 11.1 Å². The number of nitriles is 1. The highest BCUT2D eigenvalue weighted by Gasteiger charge is 2.10. The van der Waals surface area contributed by atoms with E-state index in [1.165, 1.54) is 0 Å². The fourth-order valence-electron chi connectivity index (χ4n) is 1.89. The third kappa shape index (κ3) is 1.89. The number of hydrogen-bond donors (Lipinski definition) is 0. The third-order valence-electron chi connectivity index (χ3n) is 2.76. The van der Waals surface area contributed by atoms with Crippen molar-refractivity contribution in [3.63, 3.8) is 0 Å². The molecule has 3 nitrogen and oxygen atoms in total. The maximum atomic E-state index is 8.57. The Balaban J connectivity index is 1.99. The summed E-state index contributed by atoms with van der Waals surface area (Å²) in [5, 5.41) is 12.7. The van der Waals surface area contributed by atoms with Crippen molar-refractivity contribution in [3.05, 3.63) is 40.9 Å². The number of para-hydroxylation sites is 1. The number of benzene rings is 1. The maximum absolute atomic E-state index is 8.57. The van der Waals surface area contributed by atoms with Crippen LogP contribution in [0, 0.1) is 11.3 Å². The lowest BCUT2D eigenvalue weighted by molar-refractivity contribution is 0.617. The predicted molar refractivity (Wildman–Crippen MR) is 71.3 cm³/mol. The molecular formula is C14H10N2OS. The standard InChI is InChI=1S/C14H10N2OS/c15-7-3-6-14-16-12(9-18-14)11-8-17-13-5-2-1-4-10(11)13/h1-2,4-5,8-9H,3,6H2. The average Bonchev–Trinajstić information content (AvgIpc) is 3.02. The second-order valence-electron chi connectivity index (χ2n) is 3.93. The molecule has 2 heterocycles. The first-order chi connectivity index (χ1) is 8.88. The van der Waals surface area contributed by atoms with E-state index in [1.807, 2.05) is 29.6 Å². The van der Waals surface area contributed by atoms with Crippen LogP contribution in [0.25, 0.3) is 22.2 Å². The molecule has 2 aromatic heterocycles. The highest BCUT2D eigenvalue weighted by atomic mass is 32.1. The number of nitrogens with zero attached hydrogens (tertiary/aromatic N) is 2. The van der Waals surface area contributed by atoms with Gasteiger partial charge >= 0.3 is 0 Å². The second kappa shape index (κ2) is 4.63.